The summed E-state index contributed by atoms with van der Waals surface area (Å²) in [5, 5.41) is 0. The van der Waals surface area contributed by atoms with Crippen molar-refractivity contribution in [3.63, 3.8) is 0 Å². The monoisotopic (exact) mass is 252 g/mol. The van der Waals surface area contributed by atoms with Crippen LogP contribution in [-0.2, 0) is 17.6 Å². The summed E-state index contributed by atoms with van der Waals surface area (Å²) in [6.07, 6.45) is 3.47. The van der Waals surface area contributed by atoms with Crippen molar-refractivity contribution in [2.75, 3.05) is 26.3 Å². The molecule has 0 radical (unpaired) electrons. The number of carbonyl (C=O) groups excluding carboxylic acids is 1. The summed E-state index contributed by atoms with van der Waals surface area (Å²) in [5.41, 5.74) is 1.09. The van der Waals surface area contributed by atoms with Crippen molar-refractivity contribution in [3.05, 3.63) is 21.7 Å². The van der Waals surface area contributed by atoms with Crippen LogP contribution in [0.1, 0.15) is 24.1 Å². The molecule has 0 atom stereocenters. The number of rotatable bonds is 0. The van der Waals surface area contributed by atoms with Crippen LogP contribution in [0.15, 0.2) is 9.32 Å². The molecule has 98 valence electrons. The Balaban J connectivity index is 1.91. The molecule has 2 heterocycles. The van der Waals surface area contributed by atoms with Gasteiger partial charge in [0.2, 0.25) is 0 Å². The SMILES string of the molecule is O=C(N1CCOCC1)n1oc(=O)c2c1CCCC2. The number of amides is 1. The van der Waals surface area contributed by atoms with Gasteiger partial charge in [0.05, 0.1) is 24.5 Å². The van der Waals surface area contributed by atoms with Crippen molar-refractivity contribution in [2.24, 2.45) is 0 Å². The van der Waals surface area contributed by atoms with Gasteiger partial charge in [0.1, 0.15) is 0 Å². The van der Waals surface area contributed by atoms with Crippen LogP contribution >= 0.6 is 0 Å². The maximum atomic E-state index is 12.3. The molecule has 0 bridgehead atoms. The van der Waals surface area contributed by atoms with Crippen molar-refractivity contribution in [1.82, 2.24) is 9.64 Å². The van der Waals surface area contributed by atoms with Crippen molar-refractivity contribution in [1.29, 1.82) is 0 Å². The number of hydrogen-bond acceptors (Lipinski definition) is 4. The molecule has 1 saturated heterocycles. The van der Waals surface area contributed by atoms with Crippen LogP contribution < -0.4 is 5.63 Å². The molecule has 0 unspecified atom stereocenters. The predicted molar refractivity (Wildman–Crippen MR) is 62.8 cm³/mol. The molecule has 0 saturated carbocycles. The Morgan fingerprint density at radius 3 is 2.61 bits per heavy atom. The lowest BCUT2D eigenvalue weighted by Gasteiger charge is -2.26. The smallest absolute Gasteiger partial charge is 0.361 e. The average Bonchev–Trinajstić information content (AvgIpc) is 2.77. The predicted octanol–water partition coefficient (Wildman–Crippen LogP) is 0.620. The van der Waals surface area contributed by atoms with Gasteiger partial charge in [-0.05, 0) is 25.7 Å². The fourth-order valence-electron chi connectivity index (χ4n) is 2.56. The van der Waals surface area contributed by atoms with Crippen LogP contribution in [0.3, 0.4) is 0 Å². The number of ether oxygens (including phenoxy) is 1. The Hall–Kier alpha value is -1.56. The fraction of sp³-hybridized carbons (Fsp3) is 0.667. The second-order valence-electron chi connectivity index (χ2n) is 4.69. The number of aromatic nitrogens is 1. The van der Waals surface area contributed by atoms with E-state index in [-0.39, 0.29) is 11.7 Å². The highest BCUT2D eigenvalue weighted by Gasteiger charge is 2.27. The van der Waals surface area contributed by atoms with E-state index >= 15 is 0 Å². The number of fused-ring (bicyclic) bond motifs is 1. The van der Waals surface area contributed by atoms with Gasteiger partial charge in [-0.1, -0.05) is 0 Å². The standard InChI is InChI=1S/C12H16N2O4/c15-11-9-3-1-2-4-10(9)14(18-11)12(16)13-5-7-17-8-6-13/h1-8H2. The van der Waals surface area contributed by atoms with Gasteiger partial charge in [-0.3, -0.25) is 0 Å². The number of hydrogen-bond donors (Lipinski definition) is 0. The second-order valence-corrected chi connectivity index (χ2v) is 4.69. The molecule has 1 amide bonds. The Morgan fingerprint density at radius 2 is 1.83 bits per heavy atom. The van der Waals surface area contributed by atoms with Crippen molar-refractivity contribution < 1.29 is 14.1 Å². The van der Waals surface area contributed by atoms with Crippen molar-refractivity contribution in [2.45, 2.75) is 25.7 Å². The number of morpholine rings is 1. The van der Waals surface area contributed by atoms with Crippen LogP contribution in [0.5, 0.6) is 0 Å². The van der Waals surface area contributed by atoms with Crippen molar-refractivity contribution in [3.8, 4) is 0 Å². The van der Waals surface area contributed by atoms with E-state index in [4.69, 9.17) is 9.26 Å². The van der Waals surface area contributed by atoms with E-state index in [1.807, 2.05) is 0 Å². The van der Waals surface area contributed by atoms with Crippen LogP contribution in [0.2, 0.25) is 0 Å². The Morgan fingerprint density at radius 1 is 1.11 bits per heavy atom. The highest BCUT2D eigenvalue weighted by molar-refractivity contribution is 5.76. The van der Waals surface area contributed by atoms with Crippen LogP contribution in [0, 0.1) is 0 Å². The summed E-state index contributed by atoms with van der Waals surface area (Å²) < 4.78 is 11.5. The molecule has 0 spiro atoms. The largest absolute Gasteiger partial charge is 0.378 e. The minimum atomic E-state index is -0.355. The summed E-state index contributed by atoms with van der Waals surface area (Å²) in [5.74, 6) is 0. The molecule has 1 aliphatic carbocycles. The van der Waals surface area contributed by atoms with E-state index in [9.17, 15) is 9.59 Å². The number of nitrogens with zero attached hydrogens (tertiary/aromatic N) is 2. The molecule has 1 aromatic rings. The minimum Gasteiger partial charge on any atom is -0.378 e. The molecule has 1 aromatic heterocycles. The molecular weight excluding hydrogens is 236 g/mol. The average molecular weight is 252 g/mol. The van der Waals surface area contributed by atoms with Gasteiger partial charge in [-0.15, -0.1) is 4.74 Å². The highest BCUT2D eigenvalue weighted by atomic mass is 16.5. The minimum absolute atomic E-state index is 0.237. The van der Waals surface area contributed by atoms with Gasteiger partial charge >= 0.3 is 11.7 Å². The lowest BCUT2D eigenvalue weighted by atomic mass is 9.98. The van der Waals surface area contributed by atoms with E-state index in [1.165, 1.54) is 4.74 Å². The first-order chi connectivity index (χ1) is 8.77. The van der Waals surface area contributed by atoms with E-state index in [2.05, 4.69) is 0 Å². The van der Waals surface area contributed by atoms with Gasteiger partial charge in [0.15, 0.2) is 0 Å². The highest BCUT2D eigenvalue weighted by Crippen LogP contribution is 2.19. The maximum absolute atomic E-state index is 12.3. The molecule has 6 nitrogen and oxygen atoms in total. The van der Waals surface area contributed by atoms with Gasteiger partial charge < -0.3 is 14.2 Å². The Kier molecular flexibility index (Phi) is 2.95. The lowest BCUT2D eigenvalue weighted by Crippen LogP contribution is -2.43. The first kappa shape index (κ1) is 11.5. The van der Waals surface area contributed by atoms with Crippen molar-refractivity contribution >= 4 is 6.03 Å². The molecule has 3 rings (SSSR count). The first-order valence-corrected chi connectivity index (χ1v) is 6.38. The molecule has 6 heteroatoms. The topological polar surface area (TPSA) is 64.7 Å². The lowest BCUT2D eigenvalue weighted by molar-refractivity contribution is 0.0478. The third kappa shape index (κ3) is 1.86. The van der Waals surface area contributed by atoms with Crippen LogP contribution in [0.4, 0.5) is 4.79 Å². The third-order valence-corrected chi connectivity index (χ3v) is 3.56. The molecular formula is C12H16N2O4. The Bertz CT molecular complexity index is 511. The quantitative estimate of drug-likeness (QED) is 0.679. The summed E-state index contributed by atoms with van der Waals surface area (Å²) in [6, 6.07) is -0.237. The number of carbonyl (C=O) groups is 1. The molecule has 0 N–H and O–H groups in total. The zero-order valence-electron chi connectivity index (χ0n) is 10.2. The summed E-state index contributed by atoms with van der Waals surface area (Å²) in [4.78, 5) is 25.6. The summed E-state index contributed by atoms with van der Waals surface area (Å²) in [7, 11) is 0. The zero-order chi connectivity index (χ0) is 12.5. The van der Waals surface area contributed by atoms with Gasteiger partial charge in [0.25, 0.3) is 0 Å². The second kappa shape index (κ2) is 4.61. The first-order valence-electron chi connectivity index (χ1n) is 6.38. The maximum Gasteiger partial charge on any atom is 0.361 e. The fourth-order valence-corrected chi connectivity index (χ4v) is 2.56. The van der Waals surface area contributed by atoms with Gasteiger partial charge in [-0.2, -0.15) is 0 Å². The van der Waals surface area contributed by atoms with E-state index < -0.39 is 0 Å². The molecule has 1 fully saturated rings. The molecule has 0 aromatic carbocycles. The molecule has 1 aliphatic heterocycles. The van der Waals surface area contributed by atoms with E-state index in [0.29, 0.717) is 31.9 Å². The van der Waals surface area contributed by atoms with Crippen LogP contribution in [0.25, 0.3) is 0 Å². The zero-order valence-corrected chi connectivity index (χ0v) is 10.2. The van der Waals surface area contributed by atoms with Gasteiger partial charge in [-0.25, -0.2) is 9.59 Å². The summed E-state index contributed by atoms with van der Waals surface area (Å²) >= 11 is 0. The summed E-state index contributed by atoms with van der Waals surface area (Å²) in [6.45, 7) is 2.18. The normalized spacial score (nSPS) is 19.7. The van der Waals surface area contributed by atoms with E-state index in [0.717, 1.165) is 31.4 Å². The molecule has 18 heavy (non-hydrogen) atoms. The third-order valence-electron chi connectivity index (χ3n) is 3.56. The Labute approximate surface area is 104 Å². The van der Waals surface area contributed by atoms with Crippen LogP contribution in [-0.4, -0.2) is 42.0 Å². The van der Waals surface area contributed by atoms with E-state index in [1.54, 1.807) is 4.90 Å². The van der Waals surface area contributed by atoms with Gasteiger partial charge in [0, 0.05) is 13.1 Å². The molecule has 2 aliphatic rings.